The number of benzene rings is 1. The molecule has 1 aromatic rings. The maximum absolute atomic E-state index is 11.6. The molecule has 0 unspecified atom stereocenters. The van der Waals surface area contributed by atoms with Crippen molar-refractivity contribution < 1.29 is 14.3 Å². The maximum atomic E-state index is 11.6. The van der Waals surface area contributed by atoms with Crippen molar-refractivity contribution in [3.05, 3.63) is 22.2 Å². The van der Waals surface area contributed by atoms with E-state index in [0.717, 1.165) is 60.6 Å². The minimum Gasteiger partial charge on any atom is -0.490 e. The summed E-state index contributed by atoms with van der Waals surface area (Å²) in [4.78, 5) is 13.5. The van der Waals surface area contributed by atoms with E-state index in [1.807, 2.05) is 24.8 Å². The van der Waals surface area contributed by atoms with Gasteiger partial charge in [0.1, 0.15) is 0 Å². The molecule has 7 heteroatoms. The van der Waals surface area contributed by atoms with Crippen molar-refractivity contribution in [1.29, 1.82) is 0 Å². The predicted octanol–water partition coefficient (Wildman–Crippen LogP) is 3.77. The minimum atomic E-state index is 0. The van der Waals surface area contributed by atoms with Crippen molar-refractivity contribution in [2.24, 2.45) is 0 Å². The zero-order valence-corrected chi connectivity index (χ0v) is 17.4. The molecule has 1 heterocycles. The van der Waals surface area contributed by atoms with Crippen LogP contribution in [0.3, 0.4) is 0 Å². The van der Waals surface area contributed by atoms with Crippen LogP contribution in [0.5, 0.6) is 11.5 Å². The highest BCUT2D eigenvalue weighted by molar-refractivity contribution is 9.10. The lowest BCUT2D eigenvalue weighted by molar-refractivity contribution is -0.127. The zero-order valence-electron chi connectivity index (χ0n) is 15.0. The first-order chi connectivity index (χ1) is 11.7. The molecule has 1 N–H and O–H groups in total. The third-order valence-corrected chi connectivity index (χ3v) is 4.53. The summed E-state index contributed by atoms with van der Waals surface area (Å²) < 4.78 is 12.3. The highest BCUT2D eigenvalue weighted by atomic mass is 79.9. The van der Waals surface area contributed by atoms with E-state index < -0.39 is 0 Å². The van der Waals surface area contributed by atoms with Crippen molar-refractivity contribution in [2.45, 2.75) is 39.7 Å². The van der Waals surface area contributed by atoms with Gasteiger partial charge >= 0.3 is 0 Å². The van der Waals surface area contributed by atoms with Crippen molar-refractivity contribution in [3.63, 3.8) is 0 Å². The van der Waals surface area contributed by atoms with Crippen molar-refractivity contribution in [1.82, 2.24) is 10.2 Å². The lowest BCUT2D eigenvalue weighted by Gasteiger charge is -2.16. The number of nitrogens with zero attached hydrogens (tertiary/aromatic N) is 1. The van der Waals surface area contributed by atoms with Crippen molar-refractivity contribution >= 4 is 34.2 Å². The molecule has 2 rings (SSSR count). The van der Waals surface area contributed by atoms with Gasteiger partial charge in [-0.25, -0.2) is 0 Å². The molecular weight excluding hydrogens is 408 g/mol. The molecule has 0 radical (unpaired) electrons. The number of amides is 1. The van der Waals surface area contributed by atoms with Gasteiger partial charge in [-0.05, 0) is 66.9 Å². The summed E-state index contributed by atoms with van der Waals surface area (Å²) >= 11 is 3.57. The summed E-state index contributed by atoms with van der Waals surface area (Å²) in [7, 11) is 0. The van der Waals surface area contributed by atoms with Crippen LogP contribution in [0, 0.1) is 0 Å². The Balaban J connectivity index is 0.00000312. The molecule has 1 aliphatic rings. The molecular formula is C18H28BrClN2O3. The van der Waals surface area contributed by atoms with Gasteiger partial charge < -0.3 is 19.7 Å². The average Bonchev–Trinajstić information content (AvgIpc) is 2.96. The number of likely N-dealkylation sites (tertiary alicyclic amines) is 1. The molecule has 0 atom stereocenters. The van der Waals surface area contributed by atoms with Crippen LogP contribution >= 0.6 is 28.3 Å². The van der Waals surface area contributed by atoms with E-state index in [4.69, 9.17) is 9.47 Å². The maximum Gasteiger partial charge on any atom is 0.222 e. The summed E-state index contributed by atoms with van der Waals surface area (Å²) in [5.41, 5.74) is 1.14. The molecule has 0 saturated carbocycles. The Morgan fingerprint density at radius 3 is 2.64 bits per heavy atom. The van der Waals surface area contributed by atoms with E-state index in [1.165, 1.54) is 0 Å². The van der Waals surface area contributed by atoms with Crippen LogP contribution in [0.2, 0.25) is 0 Å². The summed E-state index contributed by atoms with van der Waals surface area (Å²) in [6.45, 7) is 8.55. The third kappa shape index (κ3) is 6.68. The van der Waals surface area contributed by atoms with Gasteiger partial charge in [0.2, 0.25) is 5.91 Å². The molecule has 0 bridgehead atoms. The number of ether oxygens (including phenoxy) is 2. The molecule has 0 aromatic heterocycles. The number of hydrogen-bond donors (Lipinski definition) is 1. The number of carbonyl (C=O) groups excluding carboxylic acids is 1. The molecule has 25 heavy (non-hydrogen) atoms. The van der Waals surface area contributed by atoms with Crippen LogP contribution in [0.25, 0.3) is 0 Å². The molecule has 1 saturated heterocycles. The summed E-state index contributed by atoms with van der Waals surface area (Å²) in [6.07, 6.45) is 2.70. The smallest absolute Gasteiger partial charge is 0.222 e. The predicted molar refractivity (Wildman–Crippen MR) is 106 cm³/mol. The van der Waals surface area contributed by atoms with Crippen LogP contribution in [-0.4, -0.2) is 43.7 Å². The Morgan fingerprint density at radius 1 is 1.24 bits per heavy atom. The monoisotopic (exact) mass is 434 g/mol. The number of carbonyl (C=O) groups is 1. The van der Waals surface area contributed by atoms with E-state index in [0.29, 0.717) is 25.5 Å². The standard InChI is InChI=1S/C18H27BrN2O3.ClH/c1-3-23-16-12-14(11-15(19)18(16)24-4-2)13-20-8-6-10-21-9-5-7-17(21)22;/h11-12,20H,3-10,13H2,1-2H3;1H. The van der Waals surface area contributed by atoms with Crippen molar-refractivity contribution in [2.75, 3.05) is 32.8 Å². The lowest BCUT2D eigenvalue weighted by atomic mass is 10.2. The Hall–Kier alpha value is -0.980. The van der Waals surface area contributed by atoms with Crippen LogP contribution in [0.1, 0.15) is 38.7 Å². The second kappa shape index (κ2) is 11.6. The molecule has 1 amide bonds. The van der Waals surface area contributed by atoms with Gasteiger partial charge in [0, 0.05) is 26.1 Å². The molecule has 142 valence electrons. The Kier molecular flexibility index (Phi) is 10.2. The van der Waals surface area contributed by atoms with E-state index in [1.54, 1.807) is 0 Å². The SMILES string of the molecule is CCOc1cc(CNCCCN2CCCC2=O)cc(Br)c1OCC.Cl. The van der Waals surface area contributed by atoms with Gasteiger partial charge in [-0.15, -0.1) is 12.4 Å². The molecule has 1 aliphatic heterocycles. The highest BCUT2D eigenvalue weighted by Gasteiger charge is 2.18. The summed E-state index contributed by atoms with van der Waals surface area (Å²) in [5.74, 6) is 1.83. The Labute approximate surface area is 165 Å². The third-order valence-electron chi connectivity index (χ3n) is 3.94. The number of rotatable bonds is 10. The van der Waals surface area contributed by atoms with Crippen LogP contribution in [0.15, 0.2) is 16.6 Å². The fourth-order valence-corrected chi connectivity index (χ4v) is 3.44. The largest absolute Gasteiger partial charge is 0.490 e. The molecule has 0 aliphatic carbocycles. The quantitative estimate of drug-likeness (QED) is 0.568. The lowest BCUT2D eigenvalue weighted by Crippen LogP contribution is -2.28. The molecule has 0 spiro atoms. The summed E-state index contributed by atoms with van der Waals surface area (Å²) in [5, 5.41) is 3.43. The van der Waals surface area contributed by atoms with Crippen LogP contribution in [-0.2, 0) is 11.3 Å². The van der Waals surface area contributed by atoms with Gasteiger partial charge in [0.25, 0.3) is 0 Å². The minimum absolute atomic E-state index is 0. The number of halogens is 2. The van der Waals surface area contributed by atoms with Gasteiger partial charge in [0.15, 0.2) is 11.5 Å². The number of nitrogens with one attached hydrogen (secondary N) is 1. The van der Waals surface area contributed by atoms with E-state index in [2.05, 4.69) is 27.3 Å². The summed E-state index contributed by atoms with van der Waals surface area (Å²) in [6, 6.07) is 4.08. The van der Waals surface area contributed by atoms with Crippen molar-refractivity contribution in [3.8, 4) is 11.5 Å². The van der Waals surface area contributed by atoms with E-state index in [9.17, 15) is 4.79 Å². The highest BCUT2D eigenvalue weighted by Crippen LogP contribution is 2.36. The van der Waals surface area contributed by atoms with Gasteiger partial charge in [-0.1, -0.05) is 0 Å². The second-order valence-corrected chi connectivity index (χ2v) is 6.64. The van der Waals surface area contributed by atoms with E-state index >= 15 is 0 Å². The fraction of sp³-hybridized carbons (Fsp3) is 0.611. The number of hydrogen-bond acceptors (Lipinski definition) is 4. The average molecular weight is 436 g/mol. The van der Waals surface area contributed by atoms with Gasteiger partial charge in [-0.3, -0.25) is 4.79 Å². The first-order valence-electron chi connectivity index (χ1n) is 8.72. The molecule has 1 aromatic carbocycles. The zero-order chi connectivity index (χ0) is 17.4. The normalized spacial score (nSPS) is 13.7. The molecule has 5 nitrogen and oxygen atoms in total. The van der Waals surface area contributed by atoms with Gasteiger partial charge in [-0.2, -0.15) is 0 Å². The molecule has 1 fully saturated rings. The first kappa shape index (κ1) is 22.1. The Morgan fingerprint density at radius 2 is 2.00 bits per heavy atom. The van der Waals surface area contributed by atoms with E-state index in [-0.39, 0.29) is 12.4 Å². The van der Waals surface area contributed by atoms with Crippen LogP contribution < -0.4 is 14.8 Å². The second-order valence-electron chi connectivity index (χ2n) is 5.79. The topological polar surface area (TPSA) is 50.8 Å². The fourth-order valence-electron chi connectivity index (χ4n) is 2.84. The van der Waals surface area contributed by atoms with Crippen LogP contribution in [0.4, 0.5) is 0 Å². The first-order valence-corrected chi connectivity index (χ1v) is 9.51. The Bertz CT molecular complexity index is 557. The van der Waals surface area contributed by atoms with Gasteiger partial charge in [0.05, 0.1) is 17.7 Å².